The van der Waals surface area contributed by atoms with Crippen LogP contribution in [-0.4, -0.2) is 39.5 Å². The van der Waals surface area contributed by atoms with E-state index in [0.717, 1.165) is 25.9 Å². The molecule has 1 saturated heterocycles. The van der Waals surface area contributed by atoms with Gasteiger partial charge in [-0.05, 0) is 19.3 Å². The molecular formula is C8H14O4S. The van der Waals surface area contributed by atoms with Crippen LogP contribution in [0.2, 0.25) is 0 Å². The zero-order valence-corrected chi connectivity index (χ0v) is 8.22. The monoisotopic (exact) mass is 206 g/mol. The van der Waals surface area contributed by atoms with E-state index in [2.05, 4.69) is 0 Å². The molecular weight excluding hydrogens is 192 g/mol. The van der Waals surface area contributed by atoms with Crippen LogP contribution >= 0.6 is 0 Å². The molecule has 1 aliphatic heterocycles. The van der Waals surface area contributed by atoms with Crippen LogP contribution < -0.4 is 0 Å². The molecule has 1 heterocycles. The van der Waals surface area contributed by atoms with E-state index in [1.807, 2.05) is 0 Å². The minimum atomic E-state index is -1.23. The SMILES string of the molecule is O=C(O)CS(=O)CCC1CCCO1. The number of carboxylic acids is 1. The largest absolute Gasteiger partial charge is 0.481 e. The third-order valence-electron chi connectivity index (χ3n) is 1.98. The summed E-state index contributed by atoms with van der Waals surface area (Å²) in [6, 6.07) is 0. The van der Waals surface area contributed by atoms with Crippen molar-refractivity contribution < 1.29 is 18.8 Å². The number of ether oxygens (including phenoxy) is 1. The molecule has 13 heavy (non-hydrogen) atoms. The van der Waals surface area contributed by atoms with Gasteiger partial charge in [0.05, 0.1) is 6.10 Å². The third-order valence-corrected chi connectivity index (χ3v) is 3.24. The van der Waals surface area contributed by atoms with E-state index in [0.29, 0.717) is 5.75 Å². The smallest absolute Gasteiger partial charge is 0.316 e. The van der Waals surface area contributed by atoms with Crippen molar-refractivity contribution in [1.29, 1.82) is 0 Å². The second-order valence-electron chi connectivity index (χ2n) is 3.11. The van der Waals surface area contributed by atoms with Gasteiger partial charge >= 0.3 is 5.97 Å². The molecule has 76 valence electrons. The first-order valence-corrected chi connectivity index (χ1v) is 5.85. The first-order valence-electron chi connectivity index (χ1n) is 4.37. The maximum atomic E-state index is 11.1. The van der Waals surface area contributed by atoms with Gasteiger partial charge in [-0.1, -0.05) is 0 Å². The summed E-state index contributed by atoms with van der Waals surface area (Å²) >= 11 is 0. The summed E-state index contributed by atoms with van der Waals surface area (Å²) < 4.78 is 16.4. The standard InChI is InChI=1S/C8H14O4S/c9-8(10)6-13(11)5-3-7-2-1-4-12-7/h7H,1-6H2,(H,9,10). The molecule has 0 aromatic carbocycles. The normalized spacial score (nSPS) is 24.5. The Kier molecular flexibility index (Phi) is 4.38. The average molecular weight is 206 g/mol. The molecule has 1 aliphatic rings. The van der Waals surface area contributed by atoms with Crippen molar-refractivity contribution in [3.8, 4) is 0 Å². The summed E-state index contributed by atoms with van der Waals surface area (Å²) in [5, 5.41) is 8.35. The minimum absolute atomic E-state index is 0.206. The first-order chi connectivity index (χ1) is 6.18. The van der Waals surface area contributed by atoms with Crippen molar-refractivity contribution >= 4 is 16.8 Å². The fourth-order valence-electron chi connectivity index (χ4n) is 1.34. The van der Waals surface area contributed by atoms with Crippen LogP contribution in [0.3, 0.4) is 0 Å². The molecule has 0 saturated carbocycles. The highest BCUT2D eigenvalue weighted by Gasteiger charge is 2.16. The summed E-state index contributed by atoms with van der Waals surface area (Å²) in [4.78, 5) is 10.2. The Morgan fingerprint density at radius 1 is 1.62 bits per heavy atom. The predicted octanol–water partition coefficient (Wildman–Crippen LogP) is 0.389. The van der Waals surface area contributed by atoms with Crippen molar-refractivity contribution in [2.24, 2.45) is 0 Å². The average Bonchev–Trinajstić information content (AvgIpc) is 2.51. The second-order valence-corrected chi connectivity index (χ2v) is 4.68. The Bertz CT molecular complexity index is 198. The first kappa shape index (κ1) is 10.7. The van der Waals surface area contributed by atoms with Crippen LogP contribution in [0.25, 0.3) is 0 Å². The molecule has 1 fully saturated rings. The molecule has 1 N–H and O–H groups in total. The van der Waals surface area contributed by atoms with E-state index in [-0.39, 0.29) is 11.9 Å². The van der Waals surface area contributed by atoms with Gasteiger partial charge in [-0.2, -0.15) is 0 Å². The van der Waals surface area contributed by atoms with Gasteiger partial charge in [-0.15, -0.1) is 0 Å². The van der Waals surface area contributed by atoms with Gasteiger partial charge in [-0.25, -0.2) is 0 Å². The van der Waals surface area contributed by atoms with Crippen molar-refractivity contribution in [3.05, 3.63) is 0 Å². The Morgan fingerprint density at radius 2 is 2.38 bits per heavy atom. The summed E-state index contributed by atoms with van der Waals surface area (Å²) in [6.07, 6.45) is 3.01. The lowest BCUT2D eigenvalue weighted by Gasteiger charge is -2.07. The molecule has 4 nitrogen and oxygen atoms in total. The van der Waals surface area contributed by atoms with Crippen LogP contribution in [0.15, 0.2) is 0 Å². The summed E-state index contributed by atoms with van der Waals surface area (Å²) in [5.74, 6) is -0.797. The highest BCUT2D eigenvalue weighted by molar-refractivity contribution is 7.85. The molecule has 0 amide bonds. The van der Waals surface area contributed by atoms with E-state index in [1.165, 1.54) is 0 Å². The molecule has 0 aromatic heterocycles. The number of hydrogen-bond donors (Lipinski definition) is 1. The Morgan fingerprint density at radius 3 is 2.92 bits per heavy atom. The second kappa shape index (κ2) is 5.34. The lowest BCUT2D eigenvalue weighted by atomic mass is 10.2. The van der Waals surface area contributed by atoms with E-state index in [1.54, 1.807) is 0 Å². The number of carbonyl (C=O) groups is 1. The Hall–Kier alpha value is -0.420. The number of hydrogen-bond acceptors (Lipinski definition) is 3. The van der Waals surface area contributed by atoms with E-state index in [9.17, 15) is 9.00 Å². The summed E-state index contributed by atoms with van der Waals surface area (Å²) in [5.41, 5.74) is 0. The predicted molar refractivity (Wildman–Crippen MR) is 49.1 cm³/mol. The number of carboxylic acid groups (broad SMARTS) is 1. The Balaban J connectivity index is 2.10. The van der Waals surface area contributed by atoms with E-state index < -0.39 is 16.8 Å². The lowest BCUT2D eigenvalue weighted by molar-refractivity contribution is -0.133. The quantitative estimate of drug-likeness (QED) is 0.706. The molecule has 0 spiro atoms. The maximum Gasteiger partial charge on any atom is 0.316 e. The van der Waals surface area contributed by atoms with Gasteiger partial charge in [0, 0.05) is 23.2 Å². The molecule has 1 rings (SSSR count). The van der Waals surface area contributed by atoms with Gasteiger partial charge in [0.25, 0.3) is 0 Å². The number of rotatable bonds is 5. The van der Waals surface area contributed by atoms with Crippen LogP contribution in [0.4, 0.5) is 0 Å². The number of aliphatic carboxylic acids is 1. The van der Waals surface area contributed by atoms with Gasteiger partial charge < -0.3 is 9.84 Å². The maximum absolute atomic E-state index is 11.1. The van der Waals surface area contributed by atoms with Gasteiger partial charge in [0.15, 0.2) is 0 Å². The molecule has 2 unspecified atom stereocenters. The zero-order chi connectivity index (χ0) is 9.68. The van der Waals surface area contributed by atoms with Crippen molar-refractivity contribution in [2.45, 2.75) is 25.4 Å². The van der Waals surface area contributed by atoms with Crippen LogP contribution in [0.1, 0.15) is 19.3 Å². The summed E-state index contributed by atoms with van der Waals surface area (Å²) in [6.45, 7) is 0.788. The fraction of sp³-hybridized carbons (Fsp3) is 0.875. The third kappa shape index (κ3) is 4.38. The fourth-order valence-corrected chi connectivity index (χ4v) is 2.29. The van der Waals surface area contributed by atoms with Crippen LogP contribution in [0, 0.1) is 0 Å². The van der Waals surface area contributed by atoms with E-state index >= 15 is 0 Å². The van der Waals surface area contributed by atoms with E-state index in [4.69, 9.17) is 9.84 Å². The van der Waals surface area contributed by atoms with Gasteiger partial charge in [-0.3, -0.25) is 9.00 Å². The topological polar surface area (TPSA) is 63.6 Å². The van der Waals surface area contributed by atoms with Gasteiger partial charge in [0.2, 0.25) is 0 Å². The highest BCUT2D eigenvalue weighted by atomic mass is 32.2. The molecule has 0 radical (unpaired) electrons. The highest BCUT2D eigenvalue weighted by Crippen LogP contribution is 2.15. The molecule has 0 bridgehead atoms. The van der Waals surface area contributed by atoms with Crippen molar-refractivity contribution in [1.82, 2.24) is 0 Å². The van der Waals surface area contributed by atoms with Crippen LogP contribution in [0.5, 0.6) is 0 Å². The molecule has 5 heteroatoms. The lowest BCUT2D eigenvalue weighted by Crippen LogP contribution is -2.16. The van der Waals surface area contributed by atoms with Crippen molar-refractivity contribution in [3.63, 3.8) is 0 Å². The molecule has 0 aliphatic carbocycles. The summed E-state index contributed by atoms with van der Waals surface area (Å²) in [7, 11) is -1.23. The van der Waals surface area contributed by atoms with Crippen LogP contribution in [-0.2, 0) is 20.3 Å². The molecule has 0 aromatic rings. The Labute approximate surface area is 79.7 Å². The zero-order valence-electron chi connectivity index (χ0n) is 7.40. The van der Waals surface area contributed by atoms with Crippen molar-refractivity contribution in [2.75, 3.05) is 18.1 Å². The minimum Gasteiger partial charge on any atom is -0.481 e. The van der Waals surface area contributed by atoms with Gasteiger partial charge in [0.1, 0.15) is 5.75 Å². The molecule has 2 atom stereocenters.